The quantitative estimate of drug-likeness (QED) is 0.365. The van der Waals surface area contributed by atoms with Crippen LogP contribution >= 0.6 is 0 Å². The molecule has 2 atom stereocenters. The highest BCUT2D eigenvalue weighted by molar-refractivity contribution is 5.93. The second-order valence-corrected chi connectivity index (χ2v) is 9.32. The van der Waals surface area contributed by atoms with Crippen LogP contribution < -0.4 is 10.9 Å². The van der Waals surface area contributed by atoms with Crippen molar-refractivity contribution in [1.82, 2.24) is 14.9 Å². The Morgan fingerprint density at radius 2 is 2.06 bits per heavy atom. The molecule has 1 unspecified atom stereocenters. The largest absolute Gasteiger partial charge is 0.458 e. The van der Waals surface area contributed by atoms with Gasteiger partial charge in [-0.05, 0) is 30.9 Å². The number of rotatable bonds is 3. The van der Waals surface area contributed by atoms with Crippen molar-refractivity contribution in [2.24, 2.45) is 0 Å². The monoisotopic (exact) mass is 497 g/mol. The molecule has 2 aromatic heterocycles. The summed E-state index contributed by atoms with van der Waals surface area (Å²) in [5, 5.41) is 23.4. The highest BCUT2D eigenvalue weighted by Crippen LogP contribution is 2.45. The van der Waals surface area contributed by atoms with E-state index in [9.17, 15) is 33.4 Å². The molecule has 1 aromatic carbocycles. The predicted octanol–water partition coefficient (Wildman–Crippen LogP) is 1.45. The molecule has 11 heteroatoms. The molecule has 0 saturated carbocycles. The Hall–Kier alpha value is -3.70. The van der Waals surface area contributed by atoms with Gasteiger partial charge in [0.15, 0.2) is 17.2 Å². The van der Waals surface area contributed by atoms with Crippen molar-refractivity contribution in [2.45, 2.75) is 51.0 Å². The molecule has 3 aliphatic rings. The molecule has 6 rings (SSSR count). The summed E-state index contributed by atoms with van der Waals surface area (Å²) in [7, 11) is 0. The fraction of sp³-hybridized carbons (Fsp3) is 0.360. The third-order valence-corrected chi connectivity index (χ3v) is 7.52. The lowest BCUT2D eigenvalue weighted by Crippen LogP contribution is -2.44. The molecular weight excluding hydrogens is 476 g/mol. The molecule has 2 aliphatic heterocycles. The molecule has 186 valence electrons. The van der Waals surface area contributed by atoms with Gasteiger partial charge in [0.25, 0.3) is 5.56 Å². The van der Waals surface area contributed by atoms with Crippen LogP contribution in [0.4, 0.5) is 8.78 Å². The van der Waals surface area contributed by atoms with Crippen LogP contribution in [0.25, 0.3) is 22.3 Å². The Balaban J connectivity index is 1.66. The number of cyclic esters (lactones) is 1. The predicted molar refractivity (Wildman–Crippen MR) is 121 cm³/mol. The zero-order chi connectivity index (χ0) is 25.5. The molecule has 4 heterocycles. The Kier molecular flexibility index (Phi) is 4.83. The summed E-state index contributed by atoms with van der Waals surface area (Å²) < 4.78 is 35.8. The first-order valence-corrected chi connectivity index (χ1v) is 11.6. The van der Waals surface area contributed by atoms with E-state index in [1.165, 1.54) is 10.6 Å². The molecule has 0 saturated heterocycles. The van der Waals surface area contributed by atoms with Crippen LogP contribution in [0, 0.1) is 11.6 Å². The number of esters is 1. The molecule has 36 heavy (non-hydrogen) atoms. The first-order valence-electron chi connectivity index (χ1n) is 11.6. The number of aliphatic hydroxyl groups excluding tert-OH is 1. The number of benzene rings is 1. The molecular formula is C25H21F2N3O6. The van der Waals surface area contributed by atoms with E-state index in [0.29, 0.717) is 27.9 Å². The average molecular weight is 497 g/mol. The van der Waals surface area contributed by atoms with Gasteiger partial charge in [0, 0.05) is 28.1 Å². The summed E-state index contributed by atoms with van der Waals surface area (Å²) in [6, 6.07) is 1.88. The van der Waals surface area contributed by atoms with Gasteiger partial charge < -0.3 is 24.8 Å². The maximum atomic E-state index is 14.8. The fourth-order valence-electron chi connectivity index (χ4n) is 5.74. The number of carbonyl (C=O) groups excluding carboxylic acids is 2. The van der Waals surface area contributed by atoms with Crippen LogP contribution in [0.15, 0.2) is 16.9 Å². The maximum absolute atomic E-state index is 14.8. The van der Waals surface area contributed by atoms with Crippen molar-refractivity contribution in [3.05, 3.63) is 61.9 Å². The highest BCUT2D eigenvalue weighted by atomic mass is 19.2. The van der Waals surface area contributed by atoms with Crippen molar-refractivity contribution >= 4 is 22.8 Å². The third kappa shape index (κ3) is 2.86. The molecule has 1 amide bonds. The van der Waals surface area contributed by atoms with E-state index in [4.69, 9.17) is 4.74 Å². The van der Waals surface area contributed by atoms with E-state index in [-0.39, 0.29) is 54.6 Å². The standard InChI is InChI=1S/C25H21F2N3O6/c1-2-25(35)13-5-17-22-11(7-30(17)23(33)12(13)9-36-24(25)34)20-15(28-18(32)8-31)4-3-10-19(20)16(29-22)6-14(26)21(10)27/h5-6,15,31,35H,2-4,7-9H2,1H3,(H,28,32)/t15?,25-/m0/s1. The topological polar surface area (TPSA) is 131 Å². The van der Waals surface area contributed by atoms with E-state index in [1.807, 2.05) is 0 Å². The smallest absolute Gasteiger partial charge is 0.343 e. The lowest BCUT2D eigenvalue weighted by Gasteiger charge is -2.31. The van der Waals surface area contributed by atoms with Crippen LogP contribution in [0.2, 0.25) is 0 Å². The average Bonchev–Trinajstić information content (AvgIpc) is 3.24. The van der Waals surface area contributed by atoms with Crippen LogP contribution in [0.1, 0.15) is 53.6 Å². The van der Waals surface area contributed by atoms with Gasteiger partial charge in [-0.2, -0.15) is 0 Å². The SMILES string of the molecule is CC[C@@]1(O)C(=O)OCc2c1cc1n(c2=O)Cc2c-1nc1cc(F)c(F)c3c1c2C(NC(=O)CO)CC3. The Morgan fingerprint density at radius 1 is 1.28 bits per heavy atom. The van der Waals surface area contributed by atoms with Crippen molar-refractivity contribution in [1.29, 1.82) is 0 Å². The summed E-state index contributed by atoms with van der Waals surface area (Å²) in [6.45, 7) is 0.604. The van der Waals surface area contributed by atoms with Crippen LogP contribution in [-0.2, 0) is 39.5 Å². The van der Waals surface area contributed by atoms with Crippen molar-refractivity contribution in [3.63, 3.8) is 0 Å². The first kappa shape index (κ1) is 22.7. The van der Waals surface area contributed by atoms with Gasteiger partial charge in [0.2, 0.25) is 5.91 Å². The number of carbonyl (C=O) groups is 2. The minimum absolute atomic E-state index is 0.0197. The van der Waals surface area contributed by atoms with Crippen LogP contribution in [0.5, 0.6) is 0 Å². The highest BCUT2D eigenvalue weighted by Gasteiger charge is 2.46. The Bertz CT molecular complexity index is 1580. The lowest BCUT2D eigenvalue weighted by atomic mass is 9.83. The zero-order valence-electron chi connectivity index (χ0n) is 19.2. The van der Waals surface area contributed by atoms with Gasteiger partial charge in [0.05, 0.1) is 35.1 Å². The summed E-state index contributed by atoms with van der Waals surface area (Å²) in [5.74, 6) is -3.52. The number of hydrogen-bond acceptors (Lipinski definition) is 7. The fourth-order valence-corrected chi connectivity index (χ4v) is 5.74. The number of aromatic nitrogens is 2. The molecule has 0 fully saturated rings. The molecule has 1 aliphatic carbocycles. The number of nitrogens with zero attached hydrogens (tertiary/aromatic N) is 2. The van der Waals surface area contributed by atoms with Crippen LogP contribution in [0.3, 0.4) is 0 Å². The van der Waals surface area contributed by atoms with E-state index >= 15 is 0 Å². The minimum atomic E-state index is -2.00. The zero-order valence-corrected chi connectivity index (χ0v) is 19.2. The summed E-state index contributed by atoms with van der Waals surface area (Å²) in [6.07, 6.45) is 0.381. The minimum Gasteiger partial charge on any atom is -0.458 e. The van der Waals surface area contributed by atoms with Crippen molar-refractivity contribution < 1.29 is 33.3 Å². The second kappa shape index (κ2) is 7.65. The van der Waals surface area contributed by atoms with E-state index in [2.05, 4.69) is 10.3 Å². The Labute approximate surface area is 202 Å². The molecule has 3 aromatic rings. The van der Waals surface area contributed by atoms with Gasteiger partial charge in [-0.15, -0.1) is 0 Å². The van der Waals surface area contributed by atoms with Crippen LogP contribution in [-0.4, -0.2) is 38.2 Å². The summed E-state index contributed by atoms with van der Waals surface area (Å²) in [5.41, 5.74) is -0.198. The molecule has 0 spiro atoms. The normalized spacial score (nSPS) is 21.6. The van der Waals surface area contributed by atoms with Crippen molar-refractivity contribution in [3.8, 4) is 11.4 Å². The number of halogens is 2. The van der Waals surface area contributed by atoms with Crippen molar-refractivity contribution in [2.75, 3.05) is 6.61 Å². The molecule has 0 radical (unpaired) electrons. The number of hydrogen-bond donors (Lipinski definition) is 3. The summed E-state index contributed by atoms with van der Waals surface area (Å²) >= 11 is 0. The van der Waals surface area contributed by atoms with E-state index in [1.54, 1.807) is 6.92 Å². The number of aliphatic hydroxyl groups is 2. The first-order chi connectivity index (χ1) is 17.2. The third-order valence-electron chi connectivity index (χ3n) is 7.52. The van der Waals surface area contributed by atoms with Gasteiger partial charge in [-0.25, -0.2) is 18.6 Å². The van der Waals surface area contributed by atoms with Gasteiger partial charge in [-0.3, -0.25) is 9.59 Å². The Morgan fingerprint density at radius 3 is 2.78 bits per heavy atom. The number of nitrogens with one attached hydrogen (secondary N) is 1. The van der Waals surface area contributed by atoms with E-state index in [0.717, 1.165) is 6.07 Å². The van der Waals surface area contributed by atoms with Gasteiger partial charge in [0.1, 0.15) is 13.2 Å². The van der Waals surface area contributed by atoms with Gasteiger partial charge in [-0.1, -0.05) is 6.92 Å². The number of aryl methyl sites for hydroxylation is 1. The second-order valence-electron chi connectivity index (χ2n) is 9.32. The molecule has 3 N–H and O–H groups in total. The number of ether oxygens (including phenoxy) is 1. The lowest BCUT2D eigenvalue weighted by molar-refractivity contribution is -0.172. The number of fused-ring (bicyclic) bond motifs is 5. The number of pyridine rings is 2. The maximum Gasteiger partial charge on any atom is 0.343 e. The van der Waals surface area contributed by atoms with Gasteiger partial charge >= 0.3 is 5.97 Å². The van der Waals surface area contributed by atoms with E-state index < -0.39 is 47.3 Å². The number of amides is 1. The molecule has 9 nitrogen and oxygen atoms in total. The summed E-state index contributed by atoms with van der Waals surface area (Å²) in [4.78, 5) is 42.5. The molecule has 0 bridgehead atoms.